The van der Waals surface area contributed by atoms with Crippen LogP contribution in [-0.4, -0.2) is 30.4 Å². The zero-order valence-corrected chi connectivity index (χ0v) is 18.4. The fraction of sp³-hybridized carbons (Fsp3) is 0.458. The van der Waals surface area contributed by atoms with E-state index in [4.69, 9.17) is 4.74 Å². The molecule has 2 aromatic rings. The van der Waals surface area contributed by atoms with Gasteiger partial charge in [-0.3, -0.25) is 9.69 Å². The molecule has 0 saturated carbocycles. The number of ether oxygens (including phenoxy) is 1. The monoisotopic (exact) mass is 452 g/mol. The summed E-state index contributed by atoms with van der Waals surface area (Å²) >= 11 is 0. The van der Waals surface area contributed by atoms with Gasteiger partial charge in [0.05, 0.1) is 11.5 Å². The number of alkyl halides is 3. The Bertz CT molecular complexity index is 948. The van der Waals surface area contributed by atoms with Crippen LogP contribution in [0.25, 0.3) is 0 Å². The van der Waals surface area contributed by atoms with E-state index in [0.717, 1.165) is 12.1 Å². The smallest absolute Gasteiger partial charge is 0.416 e. The molecular formula is C24H28F4N2O2. The van der Waals surface area contributed by atoms with E-state index in [1.54, 1.807) is 12.1 Å². The van der Waals surface area contributed by atoms with Crippen molar-refractivity contribution in [2.75, 3.05) is 19.6 Å². The van der Waals surface area contributed by atoms with Crippen molar-refractivity contribution in [3.8, 4) is 5.75 Å². The minimum Gasteiger partial charge on any atom is -0.489 e. The molecule has 2 aromatic carbocycles. The number of nitrogens with zero attached hydrogens (tertiary/aromatic N) is 1. The second-order valence-electron chi connectivity index (χ2n) is 9.41. The van der Waals surface area contributed by atoms with E-state index in [9.17, 15) is 22.4 Å². The van der Waals surface area contributed by atoms with Crippen molar-refractivity contribution in [3.63, 3.8) is 0 Å². The molecule has 1 saturated heterocycles. The highest BCUT2D eigenvalue weighted by atomic mass is 19.4. The van der Waals surface area contributed by atoms with Crippen molar-refractivity contribution in [2.45, 2.75) is 40.1 Å². The number of hydrogen-bond acceptors (Lipinski definition) is 3. The molecule has 1 N–H and O–H groups in total. The zero-order chi connectivity index (χ0) is 23.5. The highest BCUT2D eigenvalue weighted by molar-refractivity contribution is 5.80. The molecule has 0 aromatic heterocycles. The summed E-state index contributed by atoms with van der Waals surface area (Å²) in [6, 6.07) is 9.28. The Morgan fingerprint density at radius 1 is 1.12 bits per heavy atom. The van der Waals surface area contributed by atoms with Crippen molar-refractivity contribution in [1.82, 2.24) is 10.2 Å². The van der Waals surface area contributed by atoms with E-state index >= 15 is 0 Å². The van der Waals surface area contributed by atoms with Crippen LogP contribution >= 0.6 is 0 Å². The number of nitrogens with one attached hydrogen (secondary N) is 1. The molecule has 8 heteroatoms. The molecule has 1 heterocycles. The molecular weight excluding hydrogens is 424 g/mol. The van der Waals surface area contributed by atoms with Crippen molar-refractivity contribution in [1.29, 1.82) is 0 Å². The standard InChI is InChI=1S/C24H28F4N2O2/c1-23(2,3)15-29-22(31)18-12-30(13-18)11-17-7-8-20(10-21(17)25)32-14-16-5-4-6-19(9-16)24(26,27)28/h4-10,18H,11-15H2,1-3H3,(H,29,31). The highest BCUT2D eigenvalue weighted by Crippen LogP contribution is 2.30. The van der Waals surface area contributed by atoms with Crippen molar-refractivity contribution < 1.29 is 27.1 Å². The molecule has 0 unspecified atom stereocenters. The Kier molecular flexibility index (Phi) is 7.12. The summed E-state index contributed by atoms with van der Waals surface area (Å²) in [5.41, 5.74) is 0.0957. The van der Waals surface area contributed by atoms with Gasteiger partial charge in [0.1, 0.15) is 18.2 Å². The van der Waals surface area contributed by atoms with Crippen LogP contribution in [0, 0.1) is 17.2 Å². The molecule has 3 rings (SSSR count). The van der Waals surface area contributed by atoms with E-state index in [1.807, 2.05) is 4.90 Å². The van der Waals surface area contributed by atoms with Gasteiger partial charge >= 0.3 is 6.18 Å². The van der Waals surface area contributed by atoms with Gasteiger partial charge in [-0.25, -0.2) is 4.39 Å². The molecule has 1 fully saturated rings. The number of hydrogen-bond donors (Lipinski definition) is 1. The maximum Gasteiger partial charge on any atom is 0.416 e. The first-order chi connectivity index (χ1) is 14.9. The fourth-order valence-electron chi connectivity index (χ4n) is 3.35. The van der Waals surface area contributed by atoms with Crippen LogP contribution < -0.4 is 10.1 Å². The third-order valence-electron chi connectivity index (χ3n) is 5.20. The summed E-state index contributed by atoms with van der Waals surface area (Å²) in [5, 5.41) is 2.95. The Morgan fingerprint density at radius 3 is 2.47 bits per heavy atom. The van der Waals surface area contributed by atoms with Gasteiger partial charge in [-0.2, -0.15) is 13.2 Å². The number of halogens is 4. The van der Waals surface area contributed by atoms with Crippen LogP contribution in [0.2, 0.25) is 0 Å². The van der Waals surface area contributed by atoms with E-state index in [-0.39, 0.29) is 29.6 Å². The summed E-state index contributed by atoms with van der Waals surface area (Å²) in [5.74, 6) is -0.274. The lowest BCUT2D eigenvalue weighted by atomic mass is 9.94. The normalized spacial score (nSPS) is 15.3. The third kappa shape index (κ3) is 6.69. The number of rotatable bonds is 7. The largest absolute Gasteiger partial charge is 0.489 e. The molecule has 1 amide bonds. The number of benzene rings is 2. The quantitative estimate of drug-likeness (QED) is 0.600. The minimum absolute atomic E-state index is 0.0210. The summed E-state index contributed by atoms with van der Waals surface area (Å²) in [6.45, 7) is 8.19. The summed E-state index contributed by atoms with van der Waals surface area (Å²) in [4.78, 5) is 14.1. The Balaban J connectivity index is 1.49. The van der Waals surface area contributed by atoms with Gasteiger partial charge in [0, 0.05) is 37.8 Å². The van der Waals surface area contributed by atoms with E-state index < -0.39 is 17.6 Å². The first kappa shape index (κ1) is 24.0. The predicted octanol–water partition coefficient (Wildman–Crippen LogP) is 5.02. The molecule has 0 atom stereocenters. The van der Waals surface area contributed by atoms with Gasteiger partial charge in [0.2, 0.25) is 5.91 Å². The van der Waals surface area contributed by atoms with Crippen molar-refractivity contribution in [3.05, 3.63) is 65.0 Å². The third-order valence-corrected chi connectivity index (χ3v) is 5.20. The molecule has 32 heavy (non-hydrogen) atoms. The van der Waals surface area contributed by atoms with Crippen LogP contribution in [0.4, 0.5) is 17.6 Å². The van der Waals surface area contributed by atoms with Crippen LogP contribution in [0.1, 0.15) is 37.5 Å². The minimum atomic E-state index is -4.42. The number of carbonyl (C=O) groups excluding carboxylic acids is 1. The topological polar surface area (TPSA) is 41.6 Å². The first-order valence-corrected chi connectivity index (χ1v) is 10.5. The maximum absolute atomic E-state index is 14.5. The van der Waals surface area contributed by atoms with Gasteiger partial charge < -0.3 is 10.1 Å². The van der Waals surface area contributed by atoms with E-state index in [0.29, 0.717) is 37.3 Å². The number of carbonyl (C=O) groups is 1. The second-order valence-corrected chi connectivity index (χ2v) is 9.41. The van der Waals surface area contributed by atoms with Gasteiger partial charge in [0.15, 0.2) is 0 Å². The maximum atomic E-state index is 14.5. The summed E-state index contributed by atoms with van der Waals surface area (Å²) in [7, 11) is 0. The van der Waals surface area contributed by atoms with Gasteiger partial charge in [-0.05, 0) is 29.2 Å². The van der Waals surface area contributed by atoms with Gasteiger partial charge in [-0.1, -0.05) is 39.0 Å². The van der Waals surface area contributed by atoms with Crippen LogP contribution in [-0.2, 0) is 24.1 Å². The molecule has 0 bridgehead atoms. The molecule has 4 nitrogen and oxygen atoms in total. The van der Waals surface area contributed by atoms with Crippen molar-refractivity contribution in [2.24, 2.45) is 11.3 Å². The molecule has 174 valence electrons. The van der Waals surface area contributed by atoms with Gasteiger partial charge in [-0.15, -0.1) is 0 Å². The van der Waals surface area contributed by atoms with Crippen LogP contribution in [0.15, 0.2) is 42.5 Å². The molecule has 0 radical (unpaired) electrons. The van der Waals surface area contributed by atoms with E-state index in [2.05, 4.69) is 26.1 Å². The average molecular weight is 452 g/mol. The zero-order valence-electron chi connectivity index (χ0n) is 18.4. The van der Waals surface area contributed by atoms with Crippen molar-refractivity contribution >= 4 is 5.91 Å². The Labute approximate surface area is 185 Å². The Morgan fingerprint density at radius 2 is 1.84 bits per heavy atom. The average Bonchev–Trinajstić information content (AvgIpc) is 2.67. The number of likely N-dealkylation sites (tertiary alicyclic amines) is 1. The van der Waals surface area contributed by atoms with Gasteiger partial charge in [0.25, 0.3) is 0 Å². The number of amides is 1. The summed E-state index contributed by atoms with van der Waals surface area (Å²) < 4.78 is 58.4. The predicted molar refractivity (Wildman–Crippen MR) is 113 cm³/mol. The molecule has 0 aliphatic carbocycles. The SMILES string of the molecule is CC(C)(C)CNC(=O)C1CN(Cc2ccc(OCc3cccc(C(F)(F)F)c3)cc2F)C1. The second kappa shape index (κ2) is 9.48. The molecule has 0 spiro atoms. The van der Waals surface area contributed by atoms with E-state index in [1.165, 1.54) is 18.2 Å². The fourth-order valence-corrected chi connectivity index (χ4v) is 3.35. The first-order valence-electron chi connectivity index (χ1n) is 10.5. The highest BCUT2D eigenvalue weighted by Gasteiger charge is 2.33. The molecule has 1 aliphatic rings. The Hall–Kier alpha value is -2.61. The summed E-state index contributed by atoms with van der Waals surface area (Å²) in [6.07, 6.45) is -4.42. The lowest BCUT2D eigenvalue weighted by molar-refractivity contribution is -0.137. The van der Waals surface area contributed by atoms with Crippen LogP contribution in [0.3, 0.4) is 0 Å². The lowest BCUT2D eigenvalue weighted by Crippen LogP contribution is -2.53. The van der Waals surface area contributed by atoms with Crippen LogP contribution in [0.5, 0.6) is 5.75 Å². The molecule has 1 aliphatic heterocycles. The lowest BCUT2D eigenvalue weighted by Gasteiger charge is -2.38.